The third-order valence-electron chi connectivity index (χ3n) is 3.57. The van der Waals surface area contributed by atoms with E-state index in [2.05, 4.69) is 23.3 Å². The highest BCUT2D eigenvalue weighted by atomic mass is 16.3. The average Bonchev–Trinajstić information content (AvgIpc) is 2.40. The molecule has 0 bridgehead atoms. The molecule has 0 aliphatic rings. The Balaban J connectivity index is 2.89. The van der Waals surface area contributed by atoms with Crippen LogP contribution in [0.15, 0.2) is 18.3 Å². The molecular formula is C14H25N3O. The van der Waals surface area contributed by atoms with Gasteiger partial charge in [-0.15, -0.1) is 0 Å². The summed E-state index contributed by atoms with van der Waals surface area (Å²) in [6, 6.07) is 4.40. The molecule has 0 saturated heterocycles. The second-order valence-electron chi connectivity index (χ2n) is 5.22. The molecular weight excluding hydrogens is 226 g/mol. The minimum Gasteiger partial charge on any atom is -0.394 e. The van der Waals surface area contributed by atoms with Crippen molar-refractivity contribution in [2.75, 3.05) is 25.6 Å². The number of aliphatic hydroxyl groups is 1. The Bertz CT molecular complexity index is 358. The first kappa shape index (κ1) is 14.9. The third kappa shape index (κ3) is 3.21. The van der Waals surface area contributed by atoms with E-state index in [1.165, 1.54) is 0 Å². The van der Waals surface area contributed by atoms with E-state index in [4.69, 9.17) is 0 Å². The molecule has 1 unspecified atom stereocenters. The molecule has 1 atom stereocenters. The summed E-state index contributed by atoms with van der Waals surface area (Å²) in [5.41, 5.74) is 1.79. The highest BCUT2D eigenvalue weighted by molar-refractivity contribution is 5.46. The number of nitrogens with one attached hydrogen (secondary N) is 1. The van der Waals surface area contributed by atoms with Gasteiger partial charge in [0.1, 0.15) is 0 Å². The molecule has 4 nitrogen and oxygen atoms in total. The van der Waals surface area contributed by atoms with Gasteiger partial charge in [0.15, 0.2) is 0 Å². The molecule has 0 aromatic carbocycles. The Hall–Kier alpha value is -1.13. The zero-order valence-corrected chi connectivity index (χ0v) is 12.1. The van der Waals surface area contributed by atoms with Crippen molar-refractivity contribution in [3.05, 3.63) is 24.0 Å². The highest BCUT2D eigenvalue weighted by Gasteiger charge is 2.23. The quantitative estimate of drug-likeness (QED) is 0.811. The molecule has 0 saturated carbocycles. The molecule has 18 heavy (non-hydrogen) atoms. The van der Waals surface area contributed by atoms with Crippen LogP contribution in [0, 0.1) is 0 Å². The molecule has 1 heterocycles. The summed E-state index contributed by atoms with van der Waals surface area (Å²) in [4.78, 5) is 6.55. The maximum atomic E-state index is 9.37. The van der Waals surface area contributed by atoms with E-state index in [0.29, 0.717) is 6.04 Å². The first-order chi connectivity index (χ1) is 8.46. The molecule has 0 aliphatic heterocycles. The zero-order valence-electron chi connectivity index (χ0n) is 12.1. The minimum absolute atomic E-state index is 0.110. The van der Waals surface area contributed by atoms with Crippen LogP contribution in [0.3, 0.4) is 0 Å². The molecule has 0 spiro atoms. The van der Waals surface area contributed by atoms with Crippen molar-refractivity contribution in [2.45, 2.75) is 38.8 Å². The third-order valence-corrected chi connectivity index (χ3v) is 3.57. The van der Waals surface area contributed by atoms with Crippen molar-refractivity contribution >= 4 is 5.69 Å². The Labute approximate surface area is 110 Å². The fourth-order valence-corrected chi connectivity index (χ4v) is 1.82. The fourth-order valence-electron chi connectivity index (χ4n) is 1.82. The smallest absolute Gasteiger partial charge is 0.0658 e. The Morgan fingerprint density at radius 2 is 2.11 bits per heavy atom. The molecule has 4 heteroatoms. The van der Waals surface area contributed by atoms with Gasteiger partial charge >= 0.3 is 0 Å². The maximum Gasteiger partial charge on any atom is 0.0658 e. The van der Waals surface area contributed by atoms with Crippen LogP contribution in [0.25, 0.3) is 0 Å². The summed E-state index contributed by atoms with van der Waals surface area (Å²) in [5.74, 6) is 0. The Morgan fingerprint density at radius 1 is 1.44 bits per heavy atom. The van der Waals surface area contributed by atoms with E-state index < -0.39 is 0 Å². The molecule has 0 amide bonds. The van der Waals surface area contributed by atoms with Gasteiger partial charge < -0.3 is 15.3 Å². The predicted molar refractivity (Wildman–Crippen MR) is 75.9 cm³/mol. The molecule has 0 radical (unpaired) electrons. The van der Waals surface area contributed by atoms with Crippen molar-refractivity contribution in [3.63, 3.8) is 0 Å². The Morgan fingerprint density at radius 3 is 2.50 bits per heavy atom. The topological polar surface area (TPSA) is 48.4 Å². The van der Waals surface area contributed by atoms with Gasteiger partial charge in [-0.3, -0.25) is 4.98 Å². The monoisotopic (exact) mass is 251 g/mol. The van der Waals surface area contributed by atoms with Crippen molar-refractivity contribution in [2.24, 2.45) is 0 Å². The van der Waals surface area contributed by atoms with Crippen molar-refractivity contribution in [1.29, 1.82) is 0 Å². The van der Waals surface area contributed by atoms with Crippen LogP contribution >= 0.6 is 0 Å². The van der Waals surface area contributed by atoms with Gasteiger partial charge in [-0.05, 0) is 39.4 Å². The van der Waals surface area contributed by atoms with Crippen LogP contribution < -0.4 is 10.2 Å². The second kappa shape index (κ2) is 6.16. The standard InChI is InChI=1S/C14H25N3O/c1-6-12(15-4)13-8-7-11(9-16-13)17(5)14(2,3)10-18/h7-9,12,15,18H,6,10H2,1-5H3. The number of aromatic nitrogens is 1. The first-order valence-electron chi connectivity index (χ1n) is 6.44. The van der Waals surface area contributed by atoms with Crippen LogP contribution in [0.4, 0.5) is 5.69 Å². The average molecular weight is 251 g/mol. The summed E-state index contributed by atoms with van der Waals surface area (Å²) in [6.45, 7) is 6.25. The van der Waals surface area contributed by atoms with Crippen LogP contribution in [0.2, 0.25) is 0 Å². The van der Waals surface area contributed by atoms with Gasteiger partial charge in [0.05, 0.1) is 29.7 Å². The predicted octanol–water partition coefficient (Wildman–Crippen LogP) is 1.96. The van der Waals surface area contributed by atoms with Gasteiger partial charge in [-0.1, -0.05) is 6.92 Å². The van der Waals surface area contributed by atoms with Crippen molar-refractivity contribution in [1.82, 2.24) is 10.3 Å². The highest BCUT2D eigenvalue weighted by Crippen LogP contribution is 2.23. The van der Waals surface area contributed by atoms with Crippen LogP contribution in [0.5, 0.6) is 0 Å². The molecule has 1 rings (SSSR count). The van der Waals surface area contributed by atoms with Crippen molar-refractivity contribution in [3.8, 4) is 0 Å². The number of likely N-dealkylation sites (N-methyl/N-ethyl adjacent to an activating group) is 1. The van der Waals surface area contributed by atoms with E-state index in [-0.39, 0.29) is 12.1 Å². The van der Waals surface area contributed by atoms with Gasteiger partial charge in [0.25, 0.3) is 0 Å². The molecule has 102 valence electrons. The number of aliphatic hydroxyl groups excluding tert-OH is 1. The summed E-state index contributed by atoms with van der Waals surface area (Å²) in [7, 11) is 3.92. The number of hydrogen-bond donors (Lipinski definition) is 2. The number of hydrogen-bond acceptors (Lipinski definition) is 4. The summed E-state index contributed by atoms with van der Waals surface area (Å²) in [5, 5.41) is 12.6. The lowest BCUT2D eigenvalue weighted by Gasteiger charge is -2.35. The van der Waals surface area contributed by atoms with Crippen LogP contribution in [-0.4, -0.2) is 36.3 Å². The van der Waals surface area contributed by atoms with E-state index in [9.17, 15) is 5.11 Å². The van der Waals surface area contributed by atoms with Gasteiger partial charge in [-0.2, -0.15) is 0 Å². The van der Waals surface area contributed by atoms with E-state index >= 15 is 0 Å². The Kier molecular flexibility index (Phi) is 5.11. The van der Waals surface area contributed by atoms with E-state index in [1.54, 1.807) is 0 Å². The maximum absolute atomic E-state index is 9.37. The fraction of sp³-hybridized carbons (Fsp3) is 0.643. The molecule has 0 fully saturated rings. The first-order valence-corrected chi connectivity index (χ1v) is 6.44. The number of nitrogens with zero attached hydrogens (tertiary/aromatic N) is 2. The SMILES string of the molecule is CCC(NC)c1ccc(N(C)C(C)(C)CO)cn1. The lowest BCUT2D eigenvalue weighted by atomic mass is 10.0. The van der Waals surface area contributed by atoms with Crippen LogP contribution in [-0.2, 0) is 0 Å². The molecule has 0 aliphatic carbocycles. The largest absolute Gasteiger partial charge is 0.394 e. The second-order valence-corrected chi connectivity index (χ2v) is 5.22. The number of anilines is 1. The number of pyridine rings is 1. The van der Waals surface area contributed by atoms with Gasteiger partial charge in [0.2, 0.25) is 0 Å². The van der Waals surface area contributed by atoms with E-state index in [0.717, 1.165) is 17.8 Å². The van der Waals surface area contributed by atoms with E-state index in [1.807, 2.05) is 45.1 Å². The zero-order chi connectivity index (χ0) is 13.8. The summed E-state index contributed by atoms with van der Waals surface area (Å²) >= 11 is 0. The molecule has 1 aromatic rings. The van der Waals surface area contributed by atoms with Gasteiger partial charge in [-0.25, -0.2) is 0 Å². The molecule has 2 N–H and O–H groups in total. The lowest BCUT2D eigenvalue weighted by Crippen LogP contribution is -2.44. The van der Waals surface area contributed by atoms with Crippen molar-refractivity contribution < 1.29 is 5.11 Å². The normalized spacial score (nSPS) is 13.4. The summed E-state index contributed by atoms with van der Waals surface area (Å²) < 4.78 is 0. The minimum atomic E-state index is -0.281. The molecule has 1 aromatic heterocycles. The van der Waals surface area contributed by atoms with Crippen LogP contribution in [0.1, 0.15) is 38.9 Å². The lowest BCUT2D eigenvalue weighted by molar-refractivity contribution is 0.216. The number of rotatable bonds is 6. The summed E-state index contributed by atoms with van der Waals surface area (Å²) in [6.07, 6.45) is 2.88. The van der Waals surface area contributed by atoms with Gasteiger partial charge in [0, 0.05) is 13.1 Å².